The van der Waals surface area contributed by atoms with Crippen LogP contribution in [0.25, 0.3) is 0 Å². The number of nitrogens with one attached hydrogen (secondary N) is 1. The summed E-state index contributed by atoms with van der Waals surface area (Å²) in [6.45, 7) is 6.68. The van der Waals surface area contributed by atoms with Crippen molar-refractivity contribution < 1.29 is 9.53 Å². The first-order valence-corrected chi connectivity index (χ1v) is 7.34. The van der Waals surface area contributed by atoms with Gasteiger partial charge in [0, 0.05) is 31.7 Å². The second-order valence-electron chi connectivity index (χ2n) is 6.19. The van der Waals surface area contributed by atoms with E-state index in [-0.39, 0.29) is 5.92 Å². The van der Waals surface area contributed by atoms with Crippen molar-refractivity contribution in [3.05, 3.63) is 0 Å². The predicted octanol–water partition coefficient (Wildman–Crippen LogP) is 0.869. The van der Waals surface area contributed by atoms with Crippen molar-refractivity contribution in [1.29, 1.82) is 0 Å². The summed E-state index contributed by atoms with van der Waals surface area (Å²) in [5, 5.41) is 3.34. The van der Waals surface area contributed by atoms with Crippen molar-refractivity contribution in [3.8, 4) is 0 Å². The van der Waals surface area contributed by atoms with E-state index in [1.165, 1.54) is 12.8 Å². The Morgan fingerprint density at radius 2 is 2.17 bits per heavy atom. The molecule has 4 nitrogen and oxygen atoms in total. The average molecular weight is 252 g/mol. The molecule has 2 heterocycles. The van der Waals surface area contributed by atoms with Gasteiger partial charge in [0.1, 0.15) is 0 Å². The van der Waals surface area contributed by atoms with Gasteiger partial charge in [-0.2, -0.15) is 0 Å². The smallest absolute Gasteiger partial charge is 0.227 e. The first-order valence-electron chi connectivity index (χ1n) is 7.34. The van der Waals surface area contributed by atoms with Gasteiger partial charge in [-0.25, -0.2) is 0 Å². The van der Waals surface area contributed by atoms with Gasteiger partial charge in [-0.15, -0.1) is 0 Å². The minimum Gasteiger partial charge on any atom is -0.381 e. The molecule has 1 saturated carbocycles. The molecule has 18 heavy (non-hydrogen) atoms. The largest absolute Gasteiger partial charge is 0.381 e. The van der Waals surface area contributed by atoms with E-state index in [2.05, 4.69) is 17.1 Å². The lowest BCUT2D eigenvalue weighted by atomic mass is 9.96. The van der Waals surface area contributed by atoms with Crippen LogP contribution in [0.4, 0.5) is 0 Å². The van der Waals surface area contributed by atoms with Crippen molar-refractivity contribution in [2.45, 2.75) is 32.2 Å². The molecule has 0 bridgehead atoms. The summed E-state index contributed by atoms with van der Waals surface area (Å²) >= 11 is 0. The Kier molecular flexibility index (Phi) is 3.57. The minimum atomic E-state index is 0.202. The number of hydrogen-bond donors (Lipinski definition) is 1. The Morgan fingerprint density at radius 3 is 2.72 bits per heavy atom. The van der Waals surface area contributed by atoms with E-state index in [9.17, 15) is 4.79 Å². The van der Waals surface area contributed by atoms with Crippen molar-refractivity contribution in [2.75, 3.05) is 32.8 Å². The molecule has 1 aliphatic carbocycles. The molecule has 3 aliphatic rings. The van der Waals surface area contributed by atoms with Crippen LogP contribution < -0.4 is 5.32 Å². The molecular weight excluding hydrogens is 228 g/mol. The maximum absolute atomic E-state index is 12.7. The highest BCUT2D eigenvalue weighted by Gasteiger charge is 2.40. The monoisotopic (exact) mass is 252 g/mol. The summed E-state index contributed by atoms with van der Waals surface area (Å²) in [5.74, 6) is 1.65. The topological polar surface area (TPSA) is 41.6 Å². The average Bonchev–Trinajstić information content (AvgIpc) is 2.89. The lowest BCUT2D eigenvalue weighted by molar-refractivity contribution is -0.137. The van der Waals surface area contributed by atoms with Gasteiger partial charge >= 0.3 is 0 Å². The van der Waals surface area contributed by atoms with E-state index < -0.39 is 0 Å². The van der Waals surface area contributed by atoms with Crippen molar-refractivity contribution in [1.82, 2.24) is 10.2 Å². The number of nitrogens with zero attached hydrogens (tertiary/aromatic N) is 1. The second kappa shape index (κ2) is 5.17. The van der Waals surface area contributed by atoms with Crippen LogP contribution in [0.2, 0.25) is 0 Å². The molecule has 0 aromatic heterocycles. The number of carbonyl (C=O) groups excluding carboxylic acids is 1. The Balaban J connectivity index is 1.63. The molecule has 0 spiro atoms. The first-order chi connectivity index (χ1) is 8.75. The van der Waals surface area contributed by atoms with Gasteiger partial charge in [0.2, 0.25) is 5.91 Å². The molecule has 2 aliphatic heterocycles. The highest BCUT2D eigenvalue weighted by molar-refractivity contribution is 5.80. The van der Waals surface area contributed by atoms with Crippen LogP contribution in [-0.4, -0.2) is 49.7 Å². The Bertz CT molecular complexity index is 311. The van der Waals surface area contributed by atoms with Gasteiger partial charge in [-0.1, -0.05) is 6.92 Å². The zero-order valence-corrected chi connectivity index (χ0v) is 11.2. The first kappa shape index (κ1) is 12.4. The van der Waals surface area contributed by atoms with E-state index in [0.29, 0.717) is 23.8 Å². The molecule has 3 rings (SSSR count). The lowest BCUT2D eigenvalue weighted by Gasteiger charge is -2.29. The van der Waals surface area contributed by atoms with Crippen LogP contribution in [0.1, 0.15) is 26.2 Å². The molecule has 0 radical (unpaired) electrons. The fraction of sp³-hybridized carbons (Fsp3) is 0.929. The van der Waals surface area contributed by atoms with Crippen LogP contribution in [0.5, 0.6) is 0 Å². The number of rotatable bonds is 4. The Morgan fingerprint density at radius 1 is 1.33 bits per heavy atom. The third kappa shape index (κ3) is 2.54. The van der Waals surface area contributed by atoms with Crippen LogP contribution in [0, 0.1) is 17.8 Å². The molecule has 1 N–H and O–H groups in total. The zero-order valence-electron chi connectivity index (χ0n) is 11.2. The number of carbonyl (C=O) groups is 1. The molecule has 4 heteroatoms. The maximum atomic E-state index is 12.7. The van der Waals surface area contributed by atoms with Crippen LogP contribution in [0.3, 0.4) is 0 Å². The van der Waals surface area contributed by atoms with Gasteiger partial charge < -0.3 is 15.0 Å². The molecule has 3 atom stereocenters. The Hall–Kier alpha value is -0.610. The molecular formula is C14H24N2O2. The lowest BCUT2D eigenvalue weighted by Crippen LogP contribution is -2.43. The van der Waals surface area contributed by atoms with E-state index >= 15 is 0 Å². The highest BCUT2D eigenvalue weighted by Crippen LogP contribution is 2.32. The molecule has 3 fully saturated rings. The summed E-state index contributed by atoms with van der Waals surface area (Å²) in [4.78, 5) is 14.8. The summed E-state index contributed by atoms with van der Waals surface area (Å²) < 4.78 is 5.43. The summed E-state index contributed by atoms with van der Waals surface area (Å²) in [7, 11) is 0. The standard InChI is InChI=1S/C14H24N2O2/c1-10-6-15-7-13(10)14(17)16(12-2-3-12)8-11-4-5-18-9-11/h10-13,15H,2-9H2,1H3. The van der Waals surface area contributed by atoms with E-state index in [1.807, 2.05) is 0 Å². The van der Waals surface area contributed by atoms with Crippen LogP contribution >= 0.6 is 0 Å². The SMILES string of the molecule is CC1CNCC1C(=O)N(CC1CCOC1)C1CC1. The van der Waals surface area contributed by atoms with Crippen LogP contribution in [0.15, 0.2) is 0 Å². The predicted molar refractivity (Wildman–Crippen MR) is 69.2 cm³/mol. The second-order valence-corrected chi connectivity index (χ2v) is 6.19. The van der Waals surface area contributed by atoms with Crippen LogP contribution in [-0.2, 0) is 9.53 Å². The normalized spacial score (nSPS) is 35.9. The summed E-state index contributed by atoms with van der Waals surface area (Å²) in [6.07, 6.45) is 3.52. The van der Waals surface area contributed by atoms with Crippen molar-refractivity contribution >= 4 is 5.91 Å². The summed E-state index contributed by atoms with van der Waals surface area (Å²) in [5.41, 5.74) is 0. The van der Waals surface area contributed by atoms with Gasteiger partial charge in [-0.3, -0.25) is 4.79 Å². The third-order valence-corrected chi connectivity index (χ3v) is 4.58. The third-order valence-electron chi connectivity index (χ3n) is 4.58. The molecule has 2 saturated heterocycles. The van der Waals surface area contributed by atoms with Gasteiger partial charge in [0.05, 0.1) is 12.5 Å². The molecule has 0 aromatic carbocycles. The quantitative estimate of drug-likeness (QED) is 0.807. The molecule has 0 aromatic rings. The molecule has 102 valence electrons. The van der Waals surface area contributed by atoms with Gasteiger partial charge in [-0.05, 0) is 31.7 Å². The molecule has 1 amide bonds. The zero-order chi connectivity index (χ0) is 12.5. The minimum absolute atomic E-state index is 0.202. The van der Waals surface area contributed by atoms with Crippen molar-refractivity contribution in [3.63, 3.8) is 0 Å². The van der Waals surface area contributed by atoms with Gasteiger partial charge in [0.25, 0.3) is 0 Å². The highest BCUT2D eigenvalue weighted by atomic mass is 16.5. The van der Waals surface area contributed by atoms with E-state index in [1.54, 1.807) is 0 Å². The van der Waals surface area contributed by atoms with E-state index in [4.69, 9.17) is 4.74 Å². The van der Waals surface area contributed by atoms with Crippen molar-refractivity contribution in [2.24, 2.45) is 17.8 Å². The van der Waals surface area contributed by atoms with Gasteiger partial charge in [0.15, 0.2) is 0 Å². The number of amides is 1. The number of hydrogen-bond acceptors (Lipinski definition) is 3. The summed E-state index contributed by atoms with van der Waals surface area (Å²) in [6, 6.07) is 0.533. The Labute approximate surface area is 109 Å². The van der Waals surface area contributed by atoms with E-state index in [0.717, 1.165) is 39.3 Å². The fourth-order valence-corrected chi connectivity index (χ4v) is 3.16. The fourth-order valence-electron chi connectivity index (χ4n) is 3.16. The number of ether oxygens (including phenoxy) is 1. The maximum Gasteiger partial charge on any atom is 0.227 e. The molecule has 3 unspecified atom stereocenters.